The van der Waals surface area contributed by atoms with Gasteiger partial charge in [0, 0.05) is 24.7 Å². The van der Waals surface area contributed by atoms with Gasteiger partial charge in [-0.15, -0.1) is 0 Å². The molecule has 1 aliphatic carbocycles. The van der Waals surface area contributed by atoms with E-state index in [1.54, 1.807) is 24.3 Å². The van der Waals surface area contributed by atoms with E-state index < -0.39 is 6.10 Å². The number of hydrogen-bond donors (Lipinski definition) is 3. The summed E-state index contributed by atoms with van der Waals surface area (Å²) in [5.74, 6) is -0.0837. The minimum Gasteiger partial charge on any atom is -0.391 e. The largest absolute Gasteiger partial charge is 0.391 e. The number of anilines is 1. The molecule has 0 heterocycles. The zero-order valence-electron chi connectivity index (χ0n) is 10.8. The van der Waals surface area contributed by atoms with E-state index in [2.05, 4.69) is 10.6 Å². The van der Waals surface area contributed by atoms with E-state index in [-0.39, 0.29) is 18.4 Å². The first-order valence-corrected chi connectivity index (χ1v) is 6.40. The number of aliphatic hydroxyl groups excluding tert-OH is 1. The van der Waals surface area contributed by atoms with Crippen LogP contribution in [-0.4, -0.2) is 29.6 Å². The molecule has 102 valence electrons. The quantitative estimate of drug-likeness (QED) is 0.744. The summed E-state index contributed by atoms with van der Waals surface area (Å²) in [6, 6.07) is 6.71. The van der Waals surface area contributed by atoms with E-state index in [1.165, 1.54) is 6.92 Å². The van der Waals surface area contributed by atoms with E-state index in [9.17, 15) is 14.7 Å². The van der Waals surface area contributed by atoms with Crippen molar-refractivity contribution in [1.82, 2.24) is 5.32 Å². The summed E-state index contributed by atoms with van der Waals surface area (Å²) in [6.45, 7) is 1.69. The number of nitrogens with one attached hydrogen (secondary N) is 2. The van der Waals surface area contributed by atoms with Crippen molar-refractivity contribution in [2.24, 2.45) is 5.92 Å². The van der Waals surface area contributed by atoms with Crippen LogP contribution in [0.4, 0.5) is 5.69 Å². The predicted octanol–water partition coefficient (Wildman–Crippen LogP) is 1.15. The second-order valence-corrected chi connectivity index (χ2v) is 4.88. The fourth-order valence-electron chi connectivity index (χ4n) is 1.89. The molecule has 0 saturated heterocycles. The molecule has 5 heteroatoms. The molecule has 1 fully saturated rings. The molecule has 1 aromatic rings. The van der Waals surface area contributed by atoms with E-state index >= 15 is 0 Å². The molecule has 0 aliphatic heterocycles. The molecule has 2 rings (SSSR count). The first-order chi connectivity index (χ1) is 9.06. The van der Waals surface area contributed by atoms with Crippen molar-refractivity contribution in [2.75, 3.05) is 11.9 Å². The lowest BCUT2D eigenvalue weighted by Gasteiger charge is -2.11. The molecular weight excluding hydrogens is 244 g/mol. The molecule has 1 aromatic carbocycles. The third-order valence-corrected chi connectivity index (χ3v) is 3.08. The van der Waals surface area contributed by atoms with Gasteiger partial charge in [-0.25, -0.2) is 0 Å². The van der Waals surface area contributed by atoms with Gasteiger partial charge in [0.15, 0.2) is 0 Å². The van der Waals surface area contributed by atoms with Crippen LogP contribution in [0.15, 0.2) is 24.3 Å². The second kappa shape index (κ2) is 5.84. The topological polar surface area (TPSA) is 78.4 Å². The Bertz CT molecular complexity index is 483. The lowest BCUT2D eigenvalue weighted by Crippen LogP contribution is -2.33. The molecule has 0 bridgehead atoms. The van der Waals surface area contributed by atoms with Crippen molar-refractivity contribution < 1.29 is 14.7 Å². The molecule has 0 spiro atoms. The molecule has 3 N–H and O–H groups in total. The van der Waals surface area contributed by atoms with Crippen LogP contribution in [0.3, 0.4) is 0 Å². The van der Waals surface area contributed by atoms with E-state index in [0.717, 1.165) is 12.8 Å². The number of carbonyl (C=O) groups is 2. The minimum absolute atomic E-state index is 0.179. The Balaban J connectivity index is 1.92. The van der Waals surface area contributed by atoms with Gasteiger partial charge < -0.3 is 15.7 Å². The maximum Gasteiger partial charge on any atom is 0.251 e. The molecular formula is C14H18N2O3. The number of benzene rings is 1. The fourth-order valence-corrected chi connectivity index (χ4v) is 1.89. The van der Waals surface area contributed by atoms with Gasteiger partial charge in [0.2, 0.25) is 5.91 Å². The summed E-state index contributed by atoms with van der Waals surface area (Å²) < 4.78 is 0. The van der Waals surface area contributed by atoms with Gasteiger partial charge in [0.05, 0.1) is 6.10 Å². The first kappa shape index (κ1) is 13.5. The van der Waals surface area contributed by atoms with E-state index in [4.69, 9.17) is 0 Å². The Morgan fingerprint density at radius 1 is 1.42 bits per heavy atom. The van der Waals surface area contributed by atoms with Crippen LogP contribution >= 0.6 is 0 Å². The Morgan fingerprint density at radius 3 is 2.79 bits per heavy atom. The highest BCUT2D eigenvalue weighted by Crippen LogP contribution is 2.32. The van der Waals surface area contributed by atoms with Crippen LogP contribution in [0.1, 0.15) is 30.1 Å². The summed E-state index contributed by atoms with van der Waals surface area (Å²) in [4.78, 5) is 22.8. The van der Waals surface area contributed by atoms with E-state index in [1.807, 2.05) is 0 Å². The summed E-state index contributed by atoms with van der Waals surface area (Å²) in [5.41, 5.74) is 1.05. The number of amides is 2. The number of rotatable bonds is 5. The van der Waals surface area contributed by atoms with Gasteiger partial charge in [0.1, 0.15) is 0 Å². The SMILES string of the molecule is CC(=O)Nc1cccc(C(=O)NCC(O)C2CC2)c1. The standard InChI is InChI=1S/C14H18N2O3/c1-9(17)16-12-4-2-3-11(7-12)14(19)15-8-13(18)10-5-6-10/h2-4,7,10,13,18H,5-6,8H2,1H3,(H,15,19)(H,16,17). The smallest absolute Gasteiger partial charge is 0.251 e. The Hall–Kier alpha value is -1.88. The summed E-state index contributed by atoms with van der Waals surface area (Å²) in [6.07, 6.45) is 1.62. The maximum absolute atomic E-state index is 11.9. The predicted molar refractivity (Wildman–Crippen MR) is 71.8 cm³/mol. The van der Waals surface area contributed by atoms with Gasteiger partial charge in [-0.1, -0.05) is 6.07 Å². The first-order valence-electron chi connectivity index (χ1n) is 6.40. The molecule has 0 radical (unpaired) electrons. The molecule has 1 saturated carbocycles. The van der Waals surface area contributed by atoms with Gasteiger partial charge in [0.25, 0.3) is 5.91 Å². The molecule has 1 aliphatic rings. The number of aliphatic hydroxyl groups is 1. The lowest BCUT2D eigenvalue weighted by molar-refractivity contribution is -0.114. The average molecular weight is 262 g/mol. The zero-order chi connectivity index (χ0) is 13.8. The van der Waals surface area contributed by atoms with Crippen LogP contribution in [0, 0.1) is 5.92 Å². The fraction of sp³-hybridized carbons (Fsp3) is 0.429. The monoisotopic (exact) mass is 262 g/mol. The van der Waals surface area contributed by atoms with Crippen LogP contribution in [0.2, 0.25) is 0 Å². The maximum atomic E-state index is 11.9. The van der Waals surface area contributed by atoms with Crippen molar-refractivity contribution in [3.63, 3.8) is 0 Å². The highest BCUT2D eigenvalue weighted by Gasteiger charge is 2.29. The molecule has 1 atom stereocenters. The zero-order valence-corrected chi connectivity index (χ0v) is 10.8. The van der Waals surface area contributed by atoms with Crippen molar-refractivity contribution >= 4 is 17.5 Å². The number of carbonyl (C=O) groups excluding carboxylic acids is 2. The average Bonchev–Trinajstić information content (AvgIpc) is 3.19. The van der Waals surface area contributed by atoms with Gasteiger partial charge in [-0.2, -0.15) is 0 Å². The highest BCUT2D eigenvalue weighted by atomic mass is 16.3. The van der Waals surface area contributed by atoms with E-state index in [0.29, 0.717) is 17.2 Å². The van der Waals surface area contributed by atoms with Gasteiger partial charge >= 0.3 is 0 Å². The van der Waals surface area contributed by atoms with Gasteiger partial charge in [-0.05, 0) is 37.0 Å². The summed E-state index contributed by atoms with van der Waals surface area (Å²) >= 11 is 0. The second-order valence-electron chi connectivity index (χ2n) is 4.88. The Morgan fingerprint density at radius 2 is 2.16 bits per heavy atom. The Labute approximate surface area is 112 Å². The van der Waals surface area contributed by atoms with Crippen LogP contribution in [-0.2, 0) is 4.79 Å². The molecule has 2 amide bonds. The number of hydrogen-bond acceptors (Lipinski definition) is 3. The van der Waals surface area contributed by atoms with Crippen molar-refractivity contribution in [2.45, 2.75) is 25.9 Å². The summed E-state index contributed by atoms with van der Waals surface area (Å²) in [7, 11) is 0. The molecule has 1 unspecified atom stereocenters. The van der Waals surface area contributed by atoms with Crippen molar-refractivity contribution in [3.8, 4) is 0 Å². The normalized spacial score (nSPS) is 15.7. The lowest BCUT2D eigenvalue weighted by atomic mass is 10.1. The molecule has 0 aromatic heterocycles. The minimum atomic E-state index is -0.456. The highest BCUT2D eigenvalue weighted by molar-refractivity contribution is 5.96. The van der Waals surface area contributed by atoms with Crippen molar-refractivity contribution in [3.05, 3.63) is 29.8 Å². The third kappa shape index (κ3) is 4.06. The van der Waals surface area contributed by atoms with Crippen LogP contribution in [0.25, 0.3) is 0 Å². The van der Waals surface area contributed by atoms with Crippen LogP contribution in [0.5, 0.6) is 0 Å². The summed E-state index contributed by atoms with van der Waals surface area (Å²) in [5, 5.41) is 15.0. The Kier molecular flexibility index (Phi) is 4.16. The van der Waals surface area contributed by atoms with Crippen LogP contribution < -0.4 is 10.6 Å². The van der Waals surface area contributed by atoms with Gasteiger partial charge in [-0.3, -0.25) is 9.59 Å². The van der Waals surface area contributed by atoms with Crippen molar-refractivity contribution in [1.29, 1.82) is 0 Å². The molecule has 5 nitrogen and oxygen atoms in total. The molecule has 19 heavy (non-hydrogen) atoms. The third-order valence-electron chi connectivity index (χ3n) is 3.08.